The molecule has 1 saturated carbocycles. The van der Waals surface area contributed by atoms with Gasteiger partial charge in [-0.3, -0.25) is 14.9 Å². The Hall–Kier alpha value is -2.21. The molecule has 2 rings (SSSR count). The van der Waals surface area contributed by atoms with Crippen LogP contribution in [0.3, 0.4) is 0 Å². The van der Waals surface area contributed by atoms with Crippen LogP contribution in [-0.2, 0) is 4.79 Å². The molecule has 1 fully saturated rings. The van der Waals surface area contributed by atoms with E-state index in [-0.39, 0.29) is 23.7 Å². The number of nitro benzene ring substituents is 1. The third-order valence-electron chi connectivity index (χ3n) is 3.59. The van der Waals surface area contributed by atoms with Crippen molar-refractivity contribution in [2.75, 3.05) is 0 Å². The summed E-state index contributed by atoms with van der Waals surface area (Å²) in [6.45, 7) is 0. The zero-order valence-corrected chi connectivity index (χ0v) is 11.6. The molecule has 6 heteroatoms. The molecule has 112 valence electrons. The smallest absolute Gasteiger partial charge is 0.276 e. The van der Waals surface area contributed by atoms with Crippen LogP contribution in [0.1, 0.15) is 31.2 Å². The maximum absolute atomic E-state index is 11.8. The molecule has 6 nitrogen and oxygen atoms in total. The number of hydrogen-bond acceptors (Lipinski definition) is 4. The lowest BCUT2D eigenvalue weighted by Crippen LogP contribution is -2.37. The summed E-state index contributed by atoms with van der Waals surface area (Å²) in [6.07, 6.45) is 5.40. The van der Waals surface area contributed by atoms with Crippen LogP contribution >= 0.6 is 0 Å². The Morgan fingerprint density at radius 2 is 1.95 bits per heavy atom. The lowest BCUT2D eigenvalue weighted by atomic mass is 9.93. The van der Waals surface area contributed by atoms with Crippen molar-refractivity contribution in [2.24, 2.45) is 0 Å². The molecular weight excluding hydrogens is 272 g/mol. The zero-order chi connectivity index (χ0) is 15.2. The van der Waals surface area contributed by atoms with E-state index in [1.165, 1.54) is 18.2 Å². The fourth-order valence-corrected chi connectivity index (χ4v) is 2.43. The van der Waals surface area contributed by atoms with E-state index in [0.717, 1.165) is 12.8 Å². The van der Waals surface area contributed by atoms with E-state index in [1.807, 2.05) is 0 Å². The molecule has 1 aromatic carbocycles. The van der Waals surface area contributed by atoms with Gasteiger partial charge < -0.3 is 10.4 Å². The van der Waals surface area contributed by atoms with Crippen LogP contribution in [0.25, 0.3) is 6.08 Å². The van der Waals surface area contributed by atoms with Gasteiger partial charge in [-0.15, -0.1) is 0 Å². The Morgan fingerprint density at radius 1 is 1.29 bits per heavy atom. The number of para-hydroxylation sites is 1. The number of rotatable bonds is 4. The maximum atomic E-state index is 11.8. The van der Waals surface area contributed by atoms with Gasteiger partial charge in [0.05, 0.1) is 16.6 Å². The summed E-state index contributed by atoms with van der Waals surface area (Å²) in [5.41, 5.74) is 0.374. The first-order chi connectivity index (χ1) is 10.1. The lowest BCUT2D eigenvalue weighted by Gasteiger charge is -2.25. The topological polar surface area (TPSA) is 92.5 Å². The number of nitrogens with zero attached hydrogens (tertiary/aromatic N) is 1. The molecule has 1 aromatic rings. The third kappa shape index (κ3) is 4.39. The first-order valence-electron chi connectivity index (χ1n) is 6.96. The normalized spacial score (nSPS) is 22.1. The summed E-state index contributed by atoms with van der Waals surface area (Å²) < 4.78 is 0. The van der Waals surface area contributed by atoms with Crippen LogP contribution in [0.4, 0.5) is 5.69 Å². The van der Waals surface area contributed by atoms with E-state index in [1.54, 1.807) is 18.2 Å². The second kappa shape index (κ2) is 6.99. The quantitative estimate of drug-likeness (QED) is 0.504. The van der Waals surface area contributed by atoms with Gasteiger partial charge in [0, 0.05) is 18.2 Å². The summed E-state index contributed by atoms with van der Waals surface area (Å²) in [5.74, 6) is -0.269. The van der Waals surface area contributed by atoms with Crippen molar-refractivity contribution in [3.05, 3.63) is 46.0 Å². The predicted octanol–water partition coefficient (Wildman–Crippen LogP) is 2.03. The number of aliphatic hydroxyl groups is 1. The molecule has 0 bridgehead atoms. The Kier molecular flexibility index (Phi) is 5.05. The van der Waals surface area contributed by atoms with Crippen molar-refractivity contribution in [1.29, 1.82) is 0 Å². The number of hydrogen-bond donors (Lipinski definition) is 2. The van der Waals surface area contributed by atoms with Crippen molar-refractivity contribution < 1.29 is 14.8 Å². The number of carbonyl (C=O) groups is 1. The molecule has 0 aromatic heterocycles. The molecule has 0 saturated heterocycles. The largest absolute Gasteiger partial charge is 0.393 e. The number of benzene rings is 1. The molecule has 2 N–H and O–H groups in total. The van der Waals surface area contributed by atoms with Gasteiger partial charge in [-0.1, -0.05) is 12.1 Å². The van der Waals surface area contributed by atoms with Crippen molar-refractivity contribution in [1.82, 2.24) is 5.32 Å². The highest BCUT2D eigenvalue weighted by Gasteiger charge is 2.20. The molecule has 1 amide bonds. The third-order valence-corrected chi connectivity index (χ3v) is 3.59. The van der Waals surface area contributed by atoms with E-state index in [0.29, 0.717) is 18.4 Å². The van der Waals surface area contributed by atoms with E-state index in [2.05, 4.69) is 5.32 Å². The van der Waals surface area contributed by atoms with Crippen molar-refractivity contribution >= 4 is 17.7 Å². The van der Waals surface area contributed by atoms with Gasteiger partial charge in [-0.2, -0.15) is 0 Å². The SMILES string of the molecule is O=C(C=Cc1ccccc1[N+](=O)[O-])NC1CCC(O)CC1. The summed E-state index contributed by atoms with van der Waals surface area (Å²) >= 11 is 0. The van der Waals surface area contributed by atoms with Gasteiger partial charge in [0.1, 0.15) is 0 Å². The fourth-order valence-electron chi connectivity index (χ4n) is 2.43. The van der Waals surface area contributed by atoms with E-state index in [9.17, 15) is 20.0 Å². The lowest BCUT2D eigenvalue weighted by molar-refractivity contribution is -0.385. The van der Waals surface area contributed by atoms with E-state index in [4.69, 9.17) is 0 Å². The molecule has 1 aliphatic rings. The molecule has 21 heavy (non-hydrogen) atoms. The van der Waals surface area contributed by atoms with Crippen molar-refractivity contribution in [3.8, 4) is 0 Å². The number of amides is 1. The van der Waals surface area contributed by atoms with E-state index < -0.39 is 4.92 Å². The summed E-state index contributed by atoms with van der Waals surface area (Å²) in [6, 6.07) is 6.34. The Labute approximate surface area is 122 Å². The highest BCUT2D eigenvalue weighted by molar-refractivity contribution is 5.92. The van der Waals surface area contributed by atoms with Crippen molar-refractivity contribution in [3.63, 3.8) is 0 Å². The second-order valence-corrected chi connectivity index (χ2v) is 5.16. The van der Waals surface area contributed by atoms with Gasteiger partial charge in [-0.05, 0) is 37.8 Å². The molecule has 1 aliphatic carbocycles. The van der Waals surface area contributed by atoms with Gasteiger partial charge in [0.25, 0.3) is 5.69 Å². The monoisotopic (exact) mass is 290 g/mol. The van der Waals surface area contributed by atoms with Crippen LogP contribution in [0.2, 0.25) is 0 Å². The van der Waals surface area contributed by atoms with Crippen LogP contribution in [-0.4, -0.2) is 28.1 Å². The van der Waals surface area contributed by atoms with Gasteiger partial charge in [0.15, 0.2) is 0 Å². The number of aliphatic hydroxyl groups excluding tert-OH is 1. The molecule has 0 radical (unpaired) electrons. The predicted molar refractivity (Wildman–Crippen MR) is 78.5 cm³/mol. The molecule has 0 unspecified atom stereocenters. The average Bonchev–Trinajstić information content (AvgIpc) is 2.48. The minimum Gasteiger partial charge on any atom is -0.393 e. The van der Waals surface area contributed by atoms with Crippen LogP contribution < -0.4 is 5.32 Å². The minimum absolute atomic E-state index is 0.0256. The number of nitrogens with one attached hydrogen (secondary N) is 1. The first-order valence-corrected chi connectivity index (χ1v) is 6.96. The number of carbonyl (C=O) groups excluding carboxylic acids is 1. The summed E-state index contributed by atoms with van der Waals surface area (Å²) in [4.78, 5) is 22.2. The average molecular weight is 290 g/mol. The standard InChI is InChI=1S/C15H18N2O4/c18-13-8-6-12(7-9-13)16-15(19)10-5-11-3-1-2-4-14(11)17(20)21/h1-5,10,12-13,18H,6-9H2,(H,16,19). The van der Waals surface area contributed by atoms with E-state index >= 15 is 0 Å². The molecule has 0 spiro atoms. The number of nitro groups is 1. The van der Waals surface area contributed by atoms with Crippen LogP contribution in [0.15, 0.2) is 30.3 Å². The molecular formula is C15H18N2O4. The van der Waals surface area contributed by atoms with Crippen molar-refractivity contribution in [2.45, 2.75) is 37.8 Å². The van der Waals surface area contributed by atoms with Gasteiger partial charge in [0.2, 0.25) is 5.91 Å². The molecule has 0 aliphatic heterocycles. The Bertz CT molecular complexity index is 548. The summed E-state index contributed by atoms with van der Waals surface area (Å²) in [5, 5.41) is 23.1. The molecule has 0 atom stereocenters. The van der Waals surface area contributed by atoms with Gasteiger partial charge >= 0.3 is 0 Å². The first kappa shape index (κ1) is 15.2. The Balaban J connectivity index is 1.95. The van der Waals surface area contributed by atoms with Gasteiger partial charge in [-0.25, -0.2) is 0 Å². The van der Waals surface area contributed by atoms with Crippen LogP contribution in [0.5, 0.6) is 0 Å². The second-order valence-electron chi connectivity index (χ2n) is 5.16. The minimum atomic E-state index is -0.472. The highest BCUT2D eigenvalue weighted by Crippen LogP contribution is 2.20. The maximum Gasteiger partial charge on any atom is 0.276 e. The Morgan fingerprint density at radius 3 is 2.62 bits per heavy atom. The fraction of sp³-hybridized carbons (Fsp3) is 0.400. The van der Waals surface area contributed by atoms with Crippen LogP contribution in [0, 0.1) is 10.1 Å². The summed E-state index contributed by atoms with van der Waals surface area (Å²) in [7, 11) is 0. The molecule has 0 heterocycles. The highest BCUT2D eigenvalue weighted by atomic mass is 16.6. The zero-order valence-electron chi connectivity index (χ0n) is 11.6.